The van der Waals surface area contributed by atoms with E-state index in [1.165, 1.54) is 0 Å². The van der Waals surface area contributed by atoms with Gasteiger partial charge < -0.3 is 10.2 Å². The molecule has 1 saturated heterocycles. The number of carbonyl (C=O) groups excluding carboxylic acids is 1. The van der Waals surface area contributed by atoms with E-state index in [1.54, 1.807) is 0 Å². The van der Waals surface area contributed by atoms with Crippen molar-refractivity contribution in [3.63, 3.8) is 0 Å². The molecule has 31 heavy (non-hydrogen) atoms. The normalized spacial score (nSPS) is 15.5. The summed E-state index contributed by atoms with van der Waals surface area (Å²) in [5, 5.41) is 13.8. The number of hydrogen-bond donors (Lipinski definition) is 1. The number of carbonyl (C=O) groups is 1. The van der Waals surface area contributed by atoms with Crippen LogP contribution in [0.1, 0.15) is 21.5 Å². The van der Waals surface area contributed by atoms with Gasteiger partial charge in [0.25, 0.3) is 11.6 Å². The minimum Gasteiger partial charge on any atom is -0.348 e. The lowest BCUT2D eigenvalue weighted by Gasteiger charge is -2.32. The highest BCUT2D eigenvalue weighted by atomic mass is 32.2. The van der Waals surface area contributed by atoms with Crippen LogP contribution in [0, 0.1) is 10.1 Å². The fourth-order valence-electron chi connectivity index (χ4n) is 3.42. The number of piperazine rings is 1. The zero-order valence-corrected chi connectivity index (χ0v) is 18.4. The molecule has 0 saturated carbocycles. The number of non-ortho nitro benzene ring substituents is 1. The summed E-state index contributed by atoms with van der Waals surface area (Å²) in [7, 11) is -1.59. The van der Waals surface area contributed by atoms with Crippen LogP contribution in [0.25, 0.3) is 0 Å². The van der Waals surface area contributed by atoms with Crippen LogP contribution in [0.2, 0.25) is 0 Å². The molecule has 0 radical (unpaired) electrons. The van der Waals surface area contributed by atoms with Gasteiger partial charge in [-0.2, -0.15) is 0 Å². The van der Waals surface area contributed by atoms with E-state index in [0.29, 0.717) is 0 Å². The molecule has 166 valence electrons. The van der Waals surface area contributed by atoms with Crippen molar-refractivity contribution in [2.75, 3.05) is 39.5 Å². The zero-order valence-electron chi connectivity index (χ0n) is 17.6. The van der Waals surface area contributed by atoms with E-state index < -0.39 is 26.4 Å². The summed E-state index contributed by atoms with van der Waals surface area (Å²) < 4.78 is 23.6. The fourth-order valence-corrected chi connectivity index (χ4v) is 4.10. The molecule has 0 aliphatic carbocycles. The maximum atomic E-state index is 12.6. The zero-order chi connectivity index (χ0) is 22.6. The van der Waals surface area contributed by atoms with Crippen molar-refractivity contribution in [2.45, 2.75) is 18.0 Å². The maximum absolute atomic E-state index is 12.6. The number of nitrogens with zero attached hydrogens (tertiary/aromatic N) is 3. The molecule has 3 rings (SSSR count). The number of benzene rings is 2. The average Bonchev–Trinajstić information content (AvgIpc) is 2.73. The lowest BCUT2D eigenvalue weighted by molar-refractivity contribution is -0.385. The SMILES string of the molecule is CN1CCN(Cc2cccc(CNC(=O)c3cc([N+](=O)[O-])cc(S(C)(=O)=O)c3)c2)CC1. The first-order valence-corrected chi connectivity index (χ1v) is 11.8. The molecule has 2 aromatic rings. The van der Waals surface area contributed by atoms with E-state index in [2.05, 4.69) is 22.2 Å². The molecule has 10 heteroatoms. The third-order valence-corrected chi connectivity index (χ3v) is 6.33. The van der Waals surface area contributed by atoms with Crippen LogP contribution in [-0.2, 0) is 22.9 Å². The van der Waals surface area contributed by atoms with Crippen molar-refractivity contribution in [1.29, 1.82) is 0 Å². The molecule has 1 aliphatic rings. The van der Waals surface area contributed by atoms with Gasteiger partial charge >= 0.3 is 0 Å². The van der Waals surface area contributed by atoms with Crippen LogP contribution in [0.3, 0.4) is 0 Å². The fraction of sp³-hybridized carbons (Fsp3) is 0.381. The Kier molecular flexibility index (Phi) is 7.04. The highest BCUT2D eigenvalue weighted by Gasteiger charge is 2.19. The van der Waals surface area contributed by atoms with Crippen LogP contribution < -0.4 is 5.32 Å². The van der Waals surface area contributed by atoms with E-state index in [1.807, 2.05) is 24.3 Å². The second kappa shape index (κ2) is 9.54. The van der Waals surface area contributed by atoms with Gasteiger partial charge in [-0.25, -0.2) is 8.42 Å². The molecule has 0 spiro atoms. The Morgan fingerprint density at radius 2 is 1.77 bits per heavy atom. The first kappa shape index (κ1) is 22.9. The molecular weight excluding hydrogens is 420 g/mol. The van der Waals surface area contributed by atoms with Gasteiger partial charge in [-0.05, 0) is 24.2 Å². The van der Waals surface area contributed by atoms with Crippen molar-refractivity contribution >= 4 is 21.4 Å². The predicted octanol–water partition coefficient (Wildman–Crippen LogP) is 1.68. The molecule has 2 aromatic carbocycles. The standard InChI is InChI=1S/C21H26N4O5S/c1-23-6-8-24(9-7-23)15-17-5-3-4-16(10-17)14-22-21(26)18-11-19(25(27)28)13-20(12-18)31(2,29)30/h3-5,10-13H,6-9,14-15H2,1-2H3,(H,22,26). The summed E-state index contributed by atoms with van der Waals surface area (Å²) in [4.78, 5) is 27.4. The third-order valence-electron chi connectivity index (χ3n) is 5.24. The van der Waals surface area contributed by atoms with Gasteiger partial charge in [0, 0.05) is 63.2 Å². The number of likely N-dealkylation sites (N-methyl/N-ethyl adjacent to an activating group) is 1. The number of nitro benzene ring substituents is 1. The van der Waals surface area contributed by atoms with Gasteiger partial charge in [0.15, 0.2) is 9.84 Å². The smallest absolute Gasteiger partial charge is 0.271 e. The Morgan fingerprint density at radius 3 is 2.42 bits per heavy atom. The van der Waals surface area contributed by atoms with Crippen LogP contribution in [0.4, 0.5) is 5.69 Å². The molecule has 1 amide bonds. The number of amides is 1. The largest absolute Gasteiger partial charge is 0.348 e. The quantitative estimate of drug-likeness (QED) is 0.508. The van der Waals surface area contributed by atoms with E-state index in [9.17, 15) is 23.3 Å². The van der Waals surface area contributed by atoms with Crippen molar-refractivity contribution < 1.29 is 18.1 Å². The summed E-state index contributed by atoms with van der Waals surface area (Å²) in [6.07, 6.45) is 0.944. The number of rotatable bonds is 7. The molecule has 0 atom stereocenters. The Bertz CT molecular complexity index is 1080. The molecular formula is C21H26N4O5S. The van der Waals surface area contributed by atoms with Crippen molar-refractivity contribution in [2.24, 2.45) is 0 Å². The first-order chi connectivity index (χ1) is 14.6. The maximum Gasteiger partial charge on any atom is 0.271 e. The Labute approximate surface area is 181 Å². The van der Waals surface area contributed by atoms with Gasteiger partial charge in [0.2, 0.25) is 0 Å². The van der Waals surface area contributed by atoms with Gasteiger partial charge in [0.05, 0.1) is 9.82 Å². The summed E-state index contributed by atoms with van der Waals surface area (Å²) >= 11 is 0. The number of hydrogen-bond acceptors (Lipinski definition) is 7. The number of nitro groups is 1. The van der Waals surface area contributed by atoms with Crippen LogP contribution in [-0.4, -0.2) is 68.5 Å². The highest BCUT2D eigenvalue weighted by molar-refractivity contribution is 7.90. The molecule has 1 fully saturated rings. The van der Waals surface area contributed by atoms with Crippen LogP contribution in [0.15, 0.2) is 47.4 Å². The predicted molar refractivity (Wildman–Crippen MR) is 117 cm³/mol. The third kappa shape index (κ3) is 6.33. The topological polar surface area (TPSA) is 113 Å². The van der Waals surface area contributed by atoms with Crippen molar-refractivity contribution in [3.8, 4) is 0 Å². The average molecular weight is 447 g/mol. The summed E-state index contributed by atoms with van der Waals surface area (Å²) in [6.45, 7) is 5.15. The lowest BCUT2D eigenvalue weighted by atomic mass is 10.1. The van der Waals surface area contributed by atoms with E-state index in [0.717, 1.165) is 68.3 Å². The van der Waals surface area contributed by atoms with Crippen LogP contribution >= 0.6 is 0 Å². The molecule has 0 aromatic heterocycles. The van der Waals surface area contributed by atoms with Gasteiger partial charge in [-0.3, -0.25) is 19.8 Å². The van der Waals surface area contributed by atoms with E-state index in [-0.39, 0.29) is 17.0 Å². The minimum absolute atomic E-state index is 0.0665. The summed E-state index contributed by atoms with van der Waals surface area (Å²) in [6, 6.07) is 11.1. The van der Waals surface area contributed by atoms with E-state index in [4.69, 9.17) is 0 Å². The minimum atomic E-state index is -3.70. The molecule has 1 heterocycles. The number of sulfone groups is 1. The molecule has 1 N–H and O–H groups in total. The van der Waals surface area contributed by atoms with Gasteiger partial charge in [-0.1, -0.05) is 24.3 Å². The van der Waals surface area contributed by atoms with Crippen LogP contribution in [0.5, 0.6) is 0 Å². The Balaban J connectivity index is 1.68. The van der Waals surface area contributed by atoms with Gasteiger partial charge in [-0.15, -0.1) is 0 Å². The van der Waals surface area contributed by atoms with Crippen molar-refractivity contribution in [1.82, 2.24) is 15.1 Å². The Morgan fingerprint density at radius 1 is 1.10 bits per heavy atom. The molecule has 1 aliphatic heterocycles. The van der Waals surface area contributed by atoms with E-state index >= 15 is 0 Å². The van der Waals surface area contributed by atoms with Gasteiger partial charge in [0.1, 0.15) is 0 Å². The molecule has 0 unspecified atom stereocenters. The molecule has 0 bridgehead atoms. The lowest BCUT2D eigenvalue weighted by Crippen LogP contribution is -2.43. The first-order valence-electron chi connectivity index (χ1n) is 9.88. The second-order valence-electron chi connectivity index (χ2n) is 7.83. The Hall–Kier alpha value is -2.82. The number of nitrogens with one attached hydrogen (secondary N) is 1. The highest BCUT2D eigenvalue weighted by Crippen LogP contribution is 2.21. The monoisotopic (exact) mass is 446 g/mol. The second-order valence-corrected chi connectivity index (χ2v) is 9.84. The van der Waals surface area contributed by atoms with Crippen molar-refractivity contribution in [3.05, 3.63) is 69.3 Å². The summed E-state index contributed by atoms with van der Waals surface area (Å²) in [5.41, 5.74) is 1.53. The summed E-state index contributed by atoms with van der Waals surface area (Å²) in [5.74, 6) is -0.571. The molecule has 9 nitrogen and oxygen atoms in total.